The van der Waals surface area contributed by atoms with Gasteiger partial charge in [-0.15, -0.1) is 0 Å². The SMILES string of the molecule is CN1CCN(CC2CNc3ccc(N(C)C)cc32)CC1. The molecule has 0 aromatic heterocycles. The van der Waals surface area contributed by atoms with Gasteiger partial charge >= 0.3 is 0 Å². The molecule has 0 aliphatic carbocycles. The number of nitrogens with one attached hydrogen (secondary N) is 1. The fraction of sp³-hybridized carbons (Fsp3) is 0.625. The number of benzene rings is 1. The van der Waals surface area contributed by atoms with Gasteiger partial charge in [0.2, 0.25) is 0 Å². The van der Waals surface area contributed by atoms with Gasteiger partial charge in [0, 0.05) is 70.7 Å². The van der Waals surface area contributed by atoms with Crippen molar-refractivity contribution in [2.24, 2.45) is 0 Å². The molecule has 1 saturated heterocycles. The van der Waals surface area contributed by atoms with Crippen molar-refractivity contribution in [3.63, 3.8) is 0 Å². The maximum Gasteiger partial charge on any atom is 0.0378 e. The van der Waals surface area contributed by atoms with E-state index < -0.39 is 0 Å². The van der Waals surface area contributed by atoms with Gasteiger partial charge in [-0.25, -0.2) is 0 Å². The Morgan fingerprint density at radius 2 is 1.95 bits per heavy atom. The second-order valence-corrected chi connectivity index (χ2v) is 6.35. The minimum absolute atomic E-state index is 0.633. The van der Waals surface area contributed by atoms with Crippen LogP contribution in [0.2, 0.25) is 0 Å². The first-order chi connectivity index (χ1) is 9.63. The summed E-state index contributed by atoms with van der Waals surface area (Å²) < 4.78 is 0. The van der Waals surface area contributed by atoms with E-state index in [-0.39, 0.29) is 0 Å². The Labute approximate surface area is 122 Å². The molecule has 1 fully saturated rings. The molecule has 4 nitrogen and oxygen atoms in total. The quantitative estimate of drug-likeness (QED) is 0.902. The van der Waals surface area contributed by atoms with Gasteiger partial charge in [-0.2, -0.15) is 0 Å². The highest BCUT2D eigenvalue weighted by molar-refractivity contribution is 5.64. The van der Waals surface area contributed by atoms with Crippen molar-refractivity contribution in [3.8, 4) is 0 Å². The fourth-order valence-electron chi connectivity index (χ4n) is 3.18. The molecule has 0 bridgehead atoms. The van der Waals surface area contributed by atoms with Gasteiger partial charge in [0.05, 0.1) is 0 Å². The maximum absolute atomic E-state index is 3.56. The number of hydrogen-bond donors (Lipinski definition) is 1. The van der Waals surface area contributed by atoms with Crippen molar-refractivity contribution >= 4 is 11.4 Å². The Balaban J connectivity index is 1.70. The van der Waals surface area contributed by atoms with Crippen LogP contribution < -0.4 is 10.2 Å². The number of nitrogens with zero attached hydrogens (tertiary/aromatic N) is 3. The largest absolute Gasteiger partial charge is 0.384 e. The first-order valence-electron chi connectivity index (χ1n) is 7.59. The molecule has 0 amide bonds. The molecule has 0 saturated carbocycles. The van der Waals surface area contributed by atoms with E-state index in [1.54, 1.807) is 0 Å². The number of piperazine rings is 1. The molecule has 0 radical (unpaired) electrons. The highest BCUT2D eigenvalue weighted by atomic mass is 15.2. The highest BCUT2D eigenvalue weighted by Gasteiger charge is 2.26. The predicted octanol–water partition coefficient (Wildman–Crippen LogP) is 1.51. The van der Waals surface area contributed by atoms with E-state index in [9.17, 15) is 0 Å². The van der Waals surface area contributed by atoms with Crippen LogP contribution in [0.25, 0.3) is 0 Å². The fourth-order valence-corrected chi connectivity index (χ4v) is 3.18. The zero-order valence-electron chi connectivity index (χ0n) is 12.9. The van der Waals surface area contributed by atoms with E-state index in [1.165, 1.54) is 49.7 Å². The minimum Gasteiger partial charge on any atom is -0.384 e. The third-order valence-electron chi connectivity index (χ3n) is 4.60. The standard InChI is InChI=1S/C16H26N4/c1-18(2)14-4-5-16-15(10-14)13(11-17-16)12-20-8-6-19(3)7-9-20/h4-5,10,13,17H,6-9,11-12H2,1-3H3. The first kappa shape index (κ1) is 13.7. The lowest BCUT2D eigenvalue weighted by Crippen LogP contribution is -2.45. The number of anilines is 2. The van der Waals surface area contributed by atoms with Crippen molar-refractivity contribution in [2.75, 3.05) is 70.6 Å². The normalized spacial score (nSPS) is 23.4. The zero-order chi connectivity index (χ0) is 14.1. The molecule has 1 atom stereocenters. The summed E-state index contributed by atoms with van der Waals surface area (Å²) in [7, 11) is 6.44. The van der Waals surface area contributed by atoms with Gasteiger partial charge in [-0.3, -0.25) is 0 Å². The van der Waals surface area contributed by atoms with Crippen LogP contribution in [0, 0.1) is 0 Å². The van der Waals surface area contributed by atoms with Crippen LogP contribution in [0.5, 0.6) is 0 Å². The van der Waals surface area contributed by atoms with Crippen LogP contribution in [0.3, 0.4) is 0 Å². The molecule has 2 aliphatic rings. The Kier molecular flexibility index (Phi) is 3.85. The summed E-state index contributed by atoms with van der Waals surface area (Å²) in [6, 6.07) is 6.79. The molecule has 1 N–H and O–H groups in total. The molecule has 1 aromatic carbocycles. The monoisotopic (exact) mass is 274 g/mol. The summed E-state index contributed by atoms with van der Waals surface area (Å²) in [6.45, 7) is 7.07. The molecule has 110 valence electrons. The van der Waals surface area contributed by atoms with Crippen molar-refractivity contribution in [1.29, 1.82) is 0 Å². The van der Waals surface area contributed by atoms with E-state index in [2.05, 4.69) is 59.4 Å². The van der Waals surface area contributed by atoms with Crippen molar-refractivity contribution in [2.45, 2.75) is 5.92 Å². The van der Waals surface area contributed by atoms with Crippen molar-refractivity contribution in [3.05, 3.63) is 23.8 Å². The molecule has 20 heavy (non-hydrogen) atoms. The van der Waals surface area contributed by atoms with Gasteiger partial charge in [-0.1, -0.05) is 0 Å². The first-order valence-corrected chi connectivity index (χ1v) is 7.59. The third kappa shape index (κ3) is 2.76. The molecule has 2 aliphatic heterocycles. The molecular weight excluding hydrogens is 248 g/mol. The third-order valence-corrected chi connectivity index (χ3v) is 4.60. The Morgan fingerprint density at radius 3 is 2.65 bits per heavy atom. The predicted molar refractivity (Wildman–Crippen MR) is 85.9 cm³/mol. The van der Waals surface area contributed by atoms with Crippen LogP contribution in [-0.2, 0) is 0 Å². The van der Waals surface area contributed by atoms with Crippen molar-refractivity contribution < 1.29 is 0 Å². The molecule has 3 rings (SSSR count). The smallest absolute Gasteiger partial charge is 0.0378 e. The number of fused-ring (bicyclic) bond motifs is 1. The van der Waals surface area contributed by atoms with E-state index in [4.69, 9.17) is 0 Å². The molecule has 1 unspecified atom stereocenters. The average molecular weight is 274 g/mol. The summed E-state index contributed by atoms with van der Waals surface area (Å²) in [5.74, 6) is 0.633. The Bertz CT molecular complexity index is 464. The average Bonchev–Trinajstić information content (AvgIpc) is 2.84. The van der Waals surface area contributed by atoms with Gasteiger partial charge in [0.15, 0.2) is 0 Å². The molecular formula is C16H26N4. The van der Waals surface area contributed by atoms with E-state index >= 15 is 0 Å². The summed E-state index contributed by atoms with van der Waals surface area (Å²) in [5, 5.41) is 3.56. The summed E-state index contributed by atoms with van der Waals surface area (Å²) in [6.07, 6.45) is 0. The van der Waals surface area contributed by atoms with E-state index in [1.807, 2.05) is 0 Å². The van der Waals surface area contributed by atoms with Crippen LogP contribution in [0.4, 0.5) is 11.4 Å². The second kappa shape index (κ2) is 5.62. The lowest BCUT2D eigenvalue weighted by atomic mass is 9.99. The van der Waals surface area contributed by atoms with Crippen LogP contribution >= 0.6 is 0 Å². The van der Waals surface area contributed by atoms with E-state index in [0.717, 1.165) is 6.54 Å². The summed E-state index contributed by atoms with van der Waals surface area (Å²) in [5.41, 5.74) is 4.13. The molecule has 0 spiro atoms. The number of hydrogen-bond acceptors (Lipinski definition) is 4. The van der Waals surface area contributed by atoms with Crippen molar-refractivity contribution in [1.82, 2.24) is 9.80 Å². The maximum atomic E-state index is 3.56. The number of likely N-dealkylation sites (N-methyl/N-ethyl adjacent to an activating group) is 1. The minimum atomic E-state index is 0.633. The van der Waals surface area contributed by atoms with E-state index in [0.29, 0.717) is 5.92 Å². The van der Waals surface area contributed by atoms with Gasteiger partial charge in [-0.05, 0) is 30.8 Å². The van der Waals surface area contributed by atoms with Crippen LogP contribution in [0.15, 0.2) is 18.2 Å². The molecule has 1 aromatic rings. The second-order valence-electron chi connectivity index (χ2n) is 6.35. The lowest BCUT2D eigenvalue weighted by molar-refractivity contribution is 0.149. The lowest BCUT2D eigenvalue weighted by Gasteiger charge is -2.33. The summed E-state index contributed by atoms with van der Waals surface area (Å²) in [4.78, 5) is 7.22. The van der Waals surface area contributed by atoms with Crippen LogP contribution in [-0.4, -0.2) is 70.2 Å². The topological polar surface area (TPSA) is 21.8 Å². The highest BCUT2D eigenvalue weighted by Crippen LogP contribution is 2.34. The van der Waals surface area contributed by atoms with Gasteiger partial charge in [0.25, 0.3) is 0 Å². The number of rotatable bonds is 3. The van der Waals surface area contributed by atoms with Gasteiger partial charge in [0.1, 0.15) is 0 Å². The summed E-state index contributed by atoms with van der Waals surface area (Å²) >= 11 is 0. The van der Waals surface area contributed by atoms with Crippen LogP contribution in [0.1, 0.15) is 11.5 Å². The zero-order valence-corrected chi connectivity index (χ0v) is 12.9. The Hall–Kier alpha value is -1.26. The molecule has 2 heterocycles. The van der Waals surface area contributed by atoms with Gasteiger partial charge < -0.3 is 20.0 Å². The Morgan fingerprint density at radius 1 is 1.20 bits per heavy atom. The molecule has 4 heteroatoms.